The molecule has 1 aromatic rings. The van der Waals surface area contributed by atoms with Gasteiger partial charge in [0.2, 0.25) is 5.91 Å². The number of fused-ring (bicyclic) bond motifs is 1. The Morgan fingerprint density at radius 2 is 2.25 bits per heavy atom. The van der Waals surface area contributed by atoms with E-state index < -0.39 is 0 Å². The summed E-state index contributed by atoms with van der Waals surface area (Å²) in [6.45, 7) is 2.38. The van der Waals surface area contributed by atoms with Crippen molar-refractivity contribution in [2.24, 2.45) is 0 Å². The van der Waals surface area contributed by atoms with E-state index in [2.05, 4.69) is 5.92 Å². The Kier molecular flexibility index (Phi) is 3.21. The predicted octanol–water partition coefficient (Wildman–Crippen LogP) is 2.54. The fourth-order valence-corrected chi connectivity index (χ4v) is 2.95. The van der Waals surface area contributed by atoms with Gasteiger partial charge in [0.15, 0.2) is 0 Å². The zero-order valence-corrected chi connectivity index (χ0v) is 9.96. The van der Waals surface area contributed by atoms with Crippen molar-refractivity contribution in [3.05, 3.63) is 24.3 Å². The van der Waals surface area contributed by atoms with Crippen LogP contribution in [0.3, 0.4) is 0 Å². The molecule has 0 bridgehead atoms. The standard InChI is InChI=1S/C13H13NOS/c1-3-9-14-10-7-5-6-8-12(10)16-11(4-2)13(14)15/h1,5-8,11H,4,9H2,2H3. The minimum atomic E-state index is 0.00301. The lowest BCUT2D eigenvalue weighted by atomic mass is 10.2. The number of thioether (sulfide) groups is 1. The number of benzene rings is 1. The average Bonchev–Trinajstić information content (AvgIpc) is 2.32. The van der Waals surface area contributed by atoms with Gasteiger partial charge in [-0.1, -0.05) is 25.0 Å². The molecule has 0 saturated carbocycles. The van der Waals surface area contributed by atoms with Gasteiger partial charge in [-0.2, -0.15) is 0 Å². The highest BCUT2D eigenvalue weighted by Gasteiger charge is 2.31. The fourth-order valence-electron chi connectivity index (χ4n) is 1.79. The van der Waals surface area contributed by atoms with Gasteiger partial charge < -0.3 is 0 Å². The number of rotatable bonds is 2. The highest BCUT2D eigenvalue weighted by Crippen LogP contribution is 2.39. The van der Waals surface area contributed by atoms with Crippen molar-refractivity contribution in [1.29, 1.82) is 0 Å². The number of nitrogens with zero attached hydrogens (tertiary/aromatic N) is 1. The molecule has 1 heterocycles. The van der Waals surface area contributed by atoms with E-state index in [9.17, 15) is 4.79 Å². The molecule has 1 aliphatic heterocycles. The van der Waals surface area contributed by atoms with E-state index in [4.69, 9.17) is 6.42 Å². The third-order valence-corrected chi connectivity index (χ3v) is 4.01. The first-order chi connectivity index (χ1) is 7.77. The van der Waals surface area contributed by atoms with Crippen LogP contribution in [0, 0.1) is 12.3 Å². The number of anilines is 1. The lowest BCUT2D eigenvalue weighted by Gasteiger charge is -2.32. The number of hydrogen-bond acceptors (Lipinski definition) is 2. The number of hydrogen-bond donors (Lipinski definition) is 0. The van der Waals surface area contributed by atoms with Gasteiger partial charge in [0, 0.05) is 4.90 Å². The van der Waals surface area contributed by atoms with E-state index in [-0.39, 0.29) is 11.2 Å². The van der Waals surface area contributed by atoms with Gasteiger partial charge in [-0.05, 0) is 18.6 Å². The van der Waals surface area contributed by atoms with Crippen molar-refractivity contribution >= 4 is 23.4 Å². The minimum Gasteiger partial charge on any atom is -0.299 e. The SMILES string of the molecule is C#CCN1C(=O)C(CC)Sc2ccccc21. The van der Waals surface area contributed by atoms with E-state index >= 15 is 0 Å². The summed E-state index contributed by atoms with van der Waals surface area (Å²) < 4.78 is 0. The first-order valence-electron chi connectivity index (χ1n) is 5.28. The van der Waals surface area contributed by atoms with Crippen molar-refractivity contribution in [3.63, 3.8) is 0 Å². The normalized spacial score (nSPS) is 19.1. The van der Waals surface area contributed by atoms with Gasteiger partial charge in [0.25, 0.3) is 0 Å². The molecule has 82 valence electrons. The number of carbonyl (C=O) groups is 1. The summed E-state index contributed by atoms with van der Waals surface area (Å²) in [5, 5.41) is 0.00301. The highest BCUT2D eigenvalue weighted by atomic mass is 32.2. The zero-order valence-electron chi connectivity index (χ0n) is 9.14. The first-order valence-corrected chi connectivity index (χ1v) is 6.16. The van der Waals surface area contributed by atoms with Crippen molar-refractivity contribution in [1.82, 2.24) is 0 Å². The Morgan fingerprint density at radius 1 is 1.50 bits per heavy atom. The van der Waals surface area contributed by atoms with Crippen LogP contribution in [0.5, 0.6) is 0 Å². The van der Waals surface area contributed by atoms with Crippen LogP contribution in [0.4, 0.5) is 5.69 Å². The van der Waals surface area contributed by atoms with E-state index in [1.165, 1.54) is 0 Å². The molecular formula is C13H13NOS. The quantitative estimate of drug-likeness (QED) is 0.729. The van der Waals surface area contributed by atoms with Gasteiger partial charge in [-0.3, -0.25) is 9.69 Å². The Morgan fingerprint density at radius 3 is 2.94 bits per heavy atom. The summed E-state index contributed by atoms with van der Waals surface area (Å²) in [7, 11) is 0. The van der Waals surface area contributed by atoms with Gasteiger partial charge in [0.05, 0.1) is 17.5 Å². The molecule has 16 heavy (non-hydrogen) atoms. The molecule has 0 saturated heterocycles. The predicted molar refractivity (Wildman–Crippen MR) is 67.6 cm³/mol. The Balaban J connectivity index is 2.43. The molecule has 0 aliphatic carbocycles. The second-order valence-corrected chi connectivity index (χ2v) is 4.86. The molecule has 0 aromatic heterocycles. The summed E-state index contributed by atoms with van der Waals surface area (Å²) in [4.78, 5) is 15.0. The molecule has 2 nitrogen and oxygen atoms in total. The van der Waals surface area contributed by atoms with Crippen molar-refractivity contribution in [3.8, 4) is 12.3 Å². The van der Waals surface area contributed by atoms with Crippen LogP contribution in [0.1, 0.15) is 13.3 Å². The van der Waals surface area contributed by atoms with Gasteiger partial charge in [0.1, 0.15) is 0 Å². The van der Waals surface area contributed by atoms with Crippen LogP contribution >= 0.6 is 11.8 Å². The molecule has 1 aromatic carbocycles. The lowest BCUT2D eigenvalue weighted by Crippen LogP contribution is -2.40. The number of carbonyl (C=O) groups excluding carboxylic acids is 1. The summed E-state index contributed by atoms with van der Waals surface area (Å²) in [5.74, 6) is 2.68. The number of amides is 1. The molecule has 0 N–H and O–H groups in total. The second kappa shape index (κ2) is 4.63. The maximum absolute atomic E-state index is 12.1. The number of terminal acetylenes is 1. The molecule has 1 atom stereocenters. The van der Waals surface area contributed by atoms with Gasteiger partial charge in [-0.15, -0.1) is 18.2 Å². The Labute approximate surface area is 100 Å². The van der Waals surface area contributed by atoms with Crippen molar-refractivity contribution < 1.29 is 4.79 Å². The van der Waals surface area contributed by atoms with E-state index in [1.54, 1.807) is 16.7 Å². The van der Waals surface area contributed by atoms with E-state index in [0.29, 0.717) is 6.54 Å². The Hall–Kier alpha value is -1.40. The van der Waals surface area contributed by atoms with Crippen molar-refractivity contribution in [2.75, 3.05) is 11.4 Å². The molecule has 0 spiro atoms. The average molecular weight is 231 g/mol. The van der Waals surface area contributed by atoms with E-state index in [0.717, 1.165) is 17.0 Å². The molecule has 1 amide bonds. The molecule has 3 heteroatoms. The monoisotopic (exact) mass is 231 g/mol. The Bertz CT molecular complexity index is 449. The molecule has 1 aliphatic rings. The van der Waals surface area contributed by atoms with E-state index in [1.807, 2.05) is 31.2 Å². The van der Waals surface area contributed by atoms with Crippen LogP contribution in [0.15, 0.2) is 29.2 Å². The second-order valence-electron chi connectivity index (χ2n) is 3.61. The maximum Gasteiger partial charge on any atom is 0.241 e. The largest absolute Gasteiger partial charge is 0.299 e. The molecule has 2 rings (SSSR count). The fraction of sp³-hybridized carbons (Fsp3) is 0.308. The van der Waals surface area contributed by atoms with Gasteiger partial charge in [-0.25, -0.2) is 0 Å². The molecular weight excluding hydrogens is 218 g/mol. The third-order valence-electron chi connectivity index (χ3n) is 2.59. The van der Waals surface area contributed by atoms with Crippen LogP contribution in [0.25, 0.3) is 0 Å². The van der Waals surface area contributed by atoms with Crippen LogP contribution in [-0.4, -0.2) is 17.7 Å². The van der Waals surface area contributed by atoms with Crippen LogP contribution in [0.2, 0.25) is 0 Å². The topological polar surface area (TPSA) is 20.3 Å². The maximum atomic E-state index is 12.1. The highest BCUT2D eigenvalue weighted by molar-refractivity contribution is 8.01. The summed E-state index contributed by atoms with van der Waals surface area (Å²) in [6.07, 6.45) is 6.15. The first kappa shape index (κ1) is 11.1. The summed E-state index contributed by atoms with van der Waals surface area (Å²) in [6, 6.07) is 7.91. The molecule has 1 unspecified atom stereocenters. The summed E-state index contributed by atoms with van der Waals surface area (Å²) in [5.41, 5.74) is 0.945. The minimum absolute atomic E-state index is 0.00301. The lowest BCUT2D eigenvalue weighted by molar-refractivity contribution is -0.118. The molecule has 0 radical (unpaired) electrons. The molecule has 0 fully saturated rings. The van der Waals surface area contributed by atoms with Gasteiger partial charge >= 0.3 is 0 Å². The van der Waals surface area contributed by atoms with Crippen LogP contribution < -0.4 is 4.90 Å². The van der Waals surface area contributed by atoms with Crippen LogP contribution in [-0.2, 0) is 4.79 Å². The zero-order chi connectivity index (χ0) is 11.5. The van der Waals surface area contributed by atoms with Crippen molar-refractivity contribution in [2.45, 2.75) is 23.5 Å². The summed E-state index contributed by atoms with van der Waals surface area (Å²) >= 11 is 1.63. The smallest absolute Gasteiger partial charge is 0.241 e. The third kappa shape index (κ3) is 1.81. The number of para-hydroxylation sites is 1.